The van der Waals surface area contributed by atoms with Gasteiger partial charge in [-0.2, -0.15) is 0 Å². The van der Waals surface area contributed by atoms with Gasteiger partial charge in [0.25, 0.3) is 5.82 Å². The van der Waals surface area contributed by atoms with Crippen molar-refractivity contribution in [2.24, 2.45) is 0 Å². The highest BCUT2D eigenvalue weighted by Gasteiger charge is 2.12. The van der Waals surface area contributed by atoms with E-state index in [2.05, 4.69) is 4.98 Å². The number of hydrogen-bond donors (Lipinski definition) is 2. The molecule has 0 aliphatic carbocycles. The first kappa shape index (κ1) is 12.6. The first-order chi connectivity index (χ1) is 8.65. The van der Waals surface area contributed by atoms with Crippen LogP contribution >= 0.6 is 0 Å². The Morgan fingerprint density at radius 3 is 2.61 bits per heavy atom. The van der Waals surface area contributed by atoms with Gasteiger partial charge in [0.1, 0.15) is 37.4 Å². The number of aliphatic hydroxyl groups is 1. The number of imidazole rings is 1. The SMILES string of the molecule is Cc1ccc(OC[C@H](O)C[n+]2cc[nH]c2C)cc1. The molecule has 0 aliphatic rings. The van der Waals surface area contributed by atoms with Gasteiger partial charge >= 0.3 is 0 Å². The van der Waals surface area contributed by atoms with E-state index in [0.717, 1.165) is 11.6 Å². The minimum atomic E-state index is -0.522. The summed E-state index contributed by atoms with van der Waals surface area (Å²) in [6.07, 6.45) is 3.23. The van der Waals surface area contributed by atoms with Crippen LogP contribution in [-0.4, -0.2) is 22.8 Å². The van der Waals surface area contributed by atoms with Crippen molar-refractivity contribution in [2.45, 2.75) is 26.5 Å². The third-order valence-corrected chi connectivity index (χ3v) is 2.85. The second kappa shape index (κ2) is 5.69. The van der Waals surface area contributed by atoms with E-state index in [1.165, 1.54) is 5.56 Å². The van der Waals surface area contributed by atoms with E-state index < -0.39 is 6.10 Å². The normalized spacial score (nSPS) is 12.4. The van der Waals surface area contributed by atoms with Crippen LogP contribution in [0.5, 0.6) is 5.75 Å². The van der Waals surface area contributed by atoms with E-state index >= 15 is 0 Å². The molecule has 0 saturated heterocycles. The maximum Gasteiger partial charge on any atom is 0.251 e. The fraction of sp³-hybridized carbons (Fsp3) is 0.357. The van der Waals surface area contributed by atoms with Gasteiger partial charge in [-0.3, -0.25) is 0 Å². The maximum atomic E-state index is 9.90. The molecule has 0 unspecified atom stereocenters. The number of aliphatic hydroxyl groups excluding tert-OH is 1. The van der Waals surface area contributed by atoms with E-state index in [4.69, 9.17) is 4.74 Å². The van der Waals surface area contributed by atoms with Crippen LogP contribution in [0.1, 0.15) is 11.4 Å². The molecule has 18 heavy (non-hydrogen) atoms. The molecular weight excluding hydrogens is 228 g/mol. The molecule has 1 aromatic heterocycles. The predicted molar refractivity (Wildman–Crippen MR) is 68.4 cm³/mol. The van der Waals surface area contributed by atoms with Crippen LogP contribution in [0.3, 0.4) is 0 Å². The molecule has 1 aromatic carbocycles. The summed E-state index contributed by atoms with van der Waals surface area (Å²) in [6, 6.07) is 7.81. The van der Waals surface area contributed by atoms with Crippen LogP contribution in [0.25, 0.3) is 0 Å². The number of nitrogens with zero attached hydrogens (tertiary/aromatic N) is 1. The Hall–Kier alpha value is -1.81. The van der Waals surface area contributed by atoms with Gasteiger partial charge < -0.3 is 9.84 Å². The number of nitrogens with one attached hydrogen (secondary N) is 1. The molecule has 1 heterocycles. The molecular formula is C14H19N2O2+. The van der Waals surface area contributed by atoms with E-state index in [0.29, 0.717) is 13.2 Å². The van der Waals surface area contributed by atoms with Gasteiger partial charge in [-0.1, -0.05) is 17.7 Å². The highest BCUT2D eigenvalue weighted by atomic mass is 16.5. The van der Waals surface area contributed by atoms with Crippen molar-refractivity contribution in [3.63, 3.8) is 0 Å². The van der Waals surface area contributed by atoms with Gasteiger partial charge in [-0.25, -0.2) is 9.55 Å². The lowest BCUT2D eigenvalue weighted by atomic mass is 10.2. The Morgan fingerprint density at radius 1 is 1.28 bits per heavy atom. The number of hydrogen-bond acceptors (Lipinski definition) is 2. The molecule has 0 amide bonds. The molecule has 2 N–H and O–H groups in total. The Balaban J connectivity index is 1.83. The van der Waals surface area contributed by atoms with Crippen molar-refractivity contribution in [3.8, 4) is 5.75 Å². The lowest BCUT2D eigenvalue weighted by Gasteiger charge is -2.11. The first-order valence-electron chi connectivity index (χ1n) is 6.06. The average molecular weight is 247 g/mol. The summed E-state index contributed by atoms with van der Waals surface area (Å²) in [5.74, 6) is 1.81. The highest BCUT2D eigenvalue weighted by Crippen LogP contribution is 2.11. The second-order valence-electron chi connectivity index (χ2n) is 4.48. The molecule has 0 aliphatic heterocycles. The fourth-order valence-corrected chi connectivity index (χ4v) is 1.75. The zero-order chi connectivity index (χ0) is 13.0. The second-order valence-corrected chi connectivity index (χ2v) is 4.48. The topological polar surface area (TPSA) is 49.1 Å². The van der Waals surface area contributed by atoms with Gasteiger partial charge in [0.05, 0.1) is 0 Å². The molecule has 4 nitrogen and oxygen atoms in total. The number of rotatable bonds is 5. The molecule has 0 saturated carbocycles. The third-order valence-electron chi connectivity index (χ3n) is 2.85. The van der Waals surface area contributed by atoms with Crippen molar-refractivity contribution in [1.29, 1.82) is 0 Å². The summed E-state index contributed by atoms with van der Waals surface area (Å²) >= 11 is 0. The molecule has 0 fully saturated rings. The van der Waals surface area contributed by atoms with Gasteiger partial charge in [0, 0.05) is 6.92 Å². The minimum absolute atomic E-state index is 0.292. The molecule has 96 valence electrons. The van der Waals surface area contributed by atoms with Gasteiger partial charge in [-0.05, 0) is 19.1 Å². The van der Waals surface area contributed by atoms with Crippen LogP contribution in [-0.2, 0) is 6.54 Å². The number of ether oxygens (including phenoxy) is 1. The fourth-order valence-electron chi connectivity index (χ4n) is 1.75. The highest BCUT2D eigenvalue weighted by molar-refractivity contribution is 5.26. The van der Waals surface area contributed by atoms with Gasteiger partial charge in [0.2, 0.25) is 0 Å². The van der Waals surface area contributed by atoms with Gasteiger partial charge in [0.15, 0.2) is 0 Å². The molecule has 1 atom stereocenters. The number of H-pyrrole nitrogens is 1. The lowest BCUT2D eigenvalue weighted by molar-refractivity contribution is -0.708. The van der Waals surface area contributed by atoms with Crippen LogP contribution in [0.2, 0.25) is 0 Å². The predicted octanol–water partition coefficient (Wildman–Crippen LogP) is 1.36. The summed E-state index contributed by atoms with van der Waals surface area (Å²) < 4.78 is 7.50. The Kier molecular flexibility index (Phi) is 3.99. The molecule has 0 bridgehead atoms. The molecule has 0 spiro atoms. The van der Waals surface area contributed by atoms with Crippen molar-refractivity contribution >= 4 is 0 Å². The summed E-state index contributed by atoms with van der Waals surface area (Å²) in [6.45, 7) is 4.82. The lowest BCUT2D eigenvalue weighted by Crippen LogP contribution is -2.42. The molecule has 0 radical (unpaired) electrons. The summed E-state index contributed by atoms with van der Waals surface area (Å²) in [5, 5.41) is 9.90. The third kappa shape index (κ3) is 3.34. The maximum absolute atomic E-state index is 9.90. The number of aryl methyl sites for hydroxylation is 2. The van der Waals surface area contributed by atoms with E-state index in [9.17, 15) is 5.11 Å². The van der Waals surface area contributed by atoms with Crippen molar-refractivity contribution in [2.75, 3.05) is 6.61 Å². The van der Waals surface area contributed by atoms with Crippen LogP contribution < -0.4 is 9.30 Å². The van der Waals surface area contributed by atoms with Crippen LogP contribution in [0.4, 0.5) is 0 Å². The van der Waals surface area contributed by atoms with Crippen molar-refractivity contribution in [1.82, 2.24) is 4.98 Å². The van der Waals surface area contributed by atoms with Gasteiger partial charge in [-0.15, -0.1) is 0 Å². The molecule has 2 aromatic rings. The first-order valence-corrected chi connectivity index (χ1v) is 6.06. The van der Waals surface area contributed by atoms with Crippen molar-refractivity contribution < 1.29 is 14.4 Å². The summed E-state index contributed by atoms with van der Waals surface area (Å²) in [4.78, 5) is 3.07. The number of aromatic nitrogens is 2. The Labute approximate surface area is 107 Å². The minimum Gasteiger partial charge on any atom is -0.491 e. The average Bonchev–Trinajstić information content (AvgIpc) is 2.74. The van der Waals surface area contributed by atoms with Crippen LogP contribution in [0, 0.1) is 13.8 Å². The smallest absolute Gasteiger partial charge is 0.251 e. The van der Waals surface area contributed by atoms with Crippen LogP contribution in [0.15, 0.2) is 36.7 Å². The van der Waals surface area contributed by atoms with Crippen molar-refractivity contribution in [3.05, 3.63) is 48.0 Å². The molecule has 4 heteroatoms. The Morgan fingerprint density at radius 2 is 2.00 bits per heavy atom. The largest absolute Gasteiger partial charge is 0.491 e. The number of aromatic amines is 1. The Bertz CT molecular complexity index is 491. The zero-order valence-electron chi connectivity index (χ0n) is 10.8. The monoisotopic (exact) mass is 247 g/mol. The summed E-state index contributed by atoms with van der Waals surface area (Å²) in [5.41, 5.74) is 1.20. The zero-order valence-corrected chi connectivity index (χ0v) is 10.8. The van der Waals surface area contributed by atoms with E-state index in [1.807, 2.05) is 55.1 Å². The quantitative estimate of drug-likeness (QED) is 0.784. The molecule has 2 rings (SSSR count). The van der Waals surface area contributed by atoms with E-state index in [-0.39, 0.29) is 0 Å². The number of benzene rings is 1. The summed E-state index contributed by atoms with van der Waals surface area (Å²) in [7, 11) is 0. The van der Waals surface area contributed by atoms with E-state index in [1.54, 1.807) is 0 Å². The standard InChI is InChI=1S/C14H18N2O2/c1-11-3-5-14(6-4-11)18-10-13(17)9-16-8-7-15-12(16)2/h3-8,13,17H,9-10H2,1-2H3/p+1/t13-/m1/s1.